The Hall–Kier alpha value is -1.44. The smallest absolute Gasteiger partial charge is 0.178 e. The lowest BCUT2D eigenvalue weighted by Gasteiger charge is -2.03. The van der Waals surface area contributed by atoms with E-state index in [1.807, 2.05) is 5.92 Å². The van der Waals surface area contributed by atoms with E-state index in [2.05, 4.69) is 5.10 Å². The standard InChI is InChI=1S/C6H3F3N2/c1-2-5-3-10-11(4-5)6(7,8)9/h1,3-4H. The number of aromatic nitrogens is 2. The first-order valence-corrected chi connectivity index (χ1v) is 2.62. The highest BCUT2D eigenvalue weighted by Gasteiger charge is 2.31. The summed E-state index contributed by atoms with van der Waals surface area (Å²) in [5.74, 6) is 2.04. The predicted octanol–water partition coefficient (Wildman–Crippen LogP) is 1.34. The lowest BCUT2D eigenvalue weighted by Crippen LogP contribution is -2.16. The number of alkyl halides is 3. The molecule has 0 bridgehead atoms. The Kier molecular flexibility index (Phi) is 1.61. The summed E-state index contributed by atoms with van der Waals surface area (Å²) < 4.78 is 35.2. The molecule has 0 aliphatic carbocycles. The molecule has 0 aromatic carbocycles. The van der Waals surface area contributed by atoms with Crippen LogP contribution in [0.1, 0.15) is 5.56 Å². The van der Waals surface area contributed by atoms with Crippen LogP contribution in [0.25, 0.3) is 0 Å². The van der Waals surface area contributed by atoms with Crippen molar-refractivity contribution in [2.75, 3.05) is 0 Å². The van der Waals surface area contributed by atoms with Crippen LogP contribution in [-0.2, 0) is 6.30 Å². The largest absolute Gasteiger partial charge is 0.504 e. The molecule has 0 radical (unpaired) electrons. The Morgan fingerprint density at radius 2 is 2.18 bits per heavy atom. The zero-order chi connectivity index (χ0) is 8.48. The first-order valence-electron chi connectivity index (χ1n) is 2.62. The van der Waals surface area contributed by atoms with E-state index in [1.54, 1.807) is 0 Å². The minimum absolute atomic E-state index is 0.113. The topological polar surface area (TPSA) is 17.8 Å². The van der Waals surface area contributed by atoms with Gasteiger partial charge in [-0.1, -0.05) is 5.92 Å². The van der Waals surface area contributed by atoms with Crippen LogP contribution < -0.4 is 0 Å². The van der Waals surface area contributed by atoms with Crippen molar-refractivity contribution < 1.29 is 13.2 Å². The van der Waals surface area contributed by atoms with Crippen molar-refractivity contribution >= 4 is 0 Å². The minimum Gasteiger partial charge on any atom is -0.178 e. The normalized spacial score (nSPS) is 11.1. The van der Waals surface area contributed by atoms with E-state index in [1.165, 1.54) is 0 Å². The molecule has 0 saturated carbocycles. The molecule has 58 valence electrons. The SMILES string of the molecule is C#Cc1cnn(C(F)(F)F)c1. The minimum atomic E-state index is -4.48. The number of hydrogen-bond acceptors (Lipinski definition) is 1. The van der Waals surface area contributed by atoms with Crippen LogP contribution in [0, 0.1) is 12.3 Å². The highest BCUT2D eigenvalue weighted by Crippen LogP contribution is 2.20. The quantitative estimate of drug-likeness (QED) is 0.523. The van der Waals surface area contributed by atoms with Gasteiger partial charge in [0, 0.05) is 6.20 Å². The molecular formula is C6H3F3N2. The molecule has 0 amide bonds. The first kappa shape index (κ1) is 7.66. The zero-order valence-electron chi connectivity index (χ0n) is 5.26. The Labute approximate surface area is 60.6 Å². The van der Waals surface area contributed by atoms with Gasteiger partial charge < -0.3 is 0 Å². The van der Waals surface area contributed by atoms with Crippen molar-refractivity contribution in [1.82, 2.24) is 9.78 Å². The van der Waals surface area contributed by atoms with E-state index in [-0.39, 0.29) is 10.2 Å². The number of rotatable bonds is 0. The molecular weight excluding hydrogens is 157 g/mol. The monoisotopic (exact) mass is 160 g/mol. The molecule has 1 heterocycles. The molecule has 0 unspecified atom stereocenters. The van der Waals surface area contributed by atoms with Gasteiger partial charge in [-0.3, -0.25) is 0 Å². The summed E-state index contributed by atoms with van der Waals surface area (Å²) in [6, 6.07) is 0. The summed E-state index contributed by atoms with van der Waals surface area (Å²) in [5.41, 5.74) is 0.113. The van der Waals surface area contributed by atoms with Crippen molar-refractivity contribution in [3.63, 3.8) is 0 Å². The molecule has 5 heteroatoms. The van der Waals surface area contributed by atoms with Crippen LogP contribution in [0.3, 0.4) is 0 Å². The summed E-state index contributed by atoms with van der Waals surface area (Å²) in [4.78, 5) is 0. The van der Waals surface area contributed by atoms with Gasteiger partial charge in [0.2, 0.25) is 0 Å². The third-order valence-corrected chi connectivity index (χ3v) is 1.01. The van der Waals surface area contributed by atoms with Gasteiger partial charge in [-0.05, 0) is 0 Å². The molecule has 2 nitrogen and oxygen atoms in total. The van der Waals surface area contributed by atoms with Gasteiger partial charge in [0.25, 0.3) is 0 Å². The molecule has 0 spiro atoms. The highest BCUT2D eigenvalue weighted by atomic mass is 19.4. The number of nitrogens with zero attached hydrogens (tertiary/aromatic N) is 2. The van der Waals surface area contributed by atoms with Crippen molar-refractivity contribution in [1.29, 1.82) is 0 Å². The fraction of sp³-hybridized carbons (Fsp3) is 0.167. The average molecular weight is 160 g/mol. The van der Waals surface area contributed by atoms with E-state index in [0.717, 1.165) is 12.4 Å². The summed E-state index contributed by atoms with van der Waals surface area (Å²) in [6.45, 7) is 0. The molecule has 0 saturated heterocycles. The van der Waals surface area contributed by atoms with Gasteiger partial charge in [-0.15, -0.1) is 19.6 Å². The maximum Gasteiger partial charge on any atom is 0.504 e. The van der Waals surface area contributed by atoms with Gasteiger partial charge in [0.15, 0.2) is 0 Å². The summed E-state index contributed by atoms with van der Waals surface area (Å²) >= 11 is 0. The Morgan fingerprint density at radius 1 is 1.55 bits per heavy atom. The third-order valence-electron chi connectivity index (χ3n) is 1.01. The Morgan fingerprint density at radius 3 is 2.45 bits per heavy atom. The molecule has 0 aliphatic heterocycles. The van der Waals surface area contributed by atoms with E-state index >= 15 is 0 Å². The van der Waals surface area contributed by atoms with Crippen LogP contribution >= 0.6 is 0 Å². The number of hydrogen-bond donors (Lipinski definition) is 0. The molecule has 0 aliphatic rings. The molecule has 1 aromatic rings. The van der Waals surface area contributed by atoms with Gasteiger partial charge >= 0.3 is 6.30 Å². The van der Waals surface area contributed by atoms with E-state index in [9.17, 15) is 13.2 Å². The van der Waals surface area contributed by atoms with Crippen molar-refractivity contribution in [2.24, 2.45) is 0 Å². The maximum atomic E-state index is 11.8. The molecule has 0 N–H and O–H groups in total. The van der Waals surface area contributed by atoms with Gasteiger partial charge in [0.05, 0.1) is 11.8 Å². The number of halogens is 3. The molecule has 11 heavy (non-hydrogen) atoms. The zero-order valence-corrected chi connectivity index (χ0v) is 5.26. The fourth-order valence-corrected chi connectivity index (χ4v) is 0.536. The Bertz CT molecular complexity index is 292. The lowest BCUT2D eigenvalue weighted by molar-refractivity contribution is -0.212. The van der Waals surface area contributed by atoms with Crippen LogP contribution in [0.4, 0.5) is 13.2 Å². The van der Waals surface area contributed by atoms with E-state index in [0.29, 0.717) is 0 Å². The third kappa shape index (κ3) is 1.52. The number of terminal acetylenes is 1. The summed E-state index contributed by atoms with van der Waals surface area (Å²) in [6.07, 6.45) is 2.09. The van der Waals surface area contributed by atoms with Gasteiger partial charge in [-0.2, -0.15) is 9.78 Å². The maximum absolute atomic E-state index is 11.8. The predicted molar refractivity (Wildman–Crippen MR) is 31.5 cm³/mol. The van der Waals surface area contributed by atoms with Crippen LogP contribution in [0.5, 0.6) is 0 Å². The molecule has 0 atom stereocenters. The summed E-state index contributed by atoms with van der Waals surface area (Å²) in [7, 11) is 0. The molecule has 1 rings (SSSR count). The Balaban J connectivity index is 3.01. The molecule has 1 aromatic heterocycles. The summed E-state index contributed by atoms with van der Waals surface area (Å²) in [5, 5.41) is 3.01. The van der Waals surface area contributed by atoms with E-state index < -0.39 is 6.30 Å². The van der Waals surface area contributed by atoms with E-state index in [4.69, 9.17) is 6.42 Å². The lowest BCUT2D eigenvalue weighted by atomic mass is 10.4. The van der Waals surface area contributed by atoms with Crippen LogP contribution in [-0.4, -0.2) is 9.78 Å². The van der Waals surface area contributed by atoms with Crippen molar-refractivity contribution in [2.45, 2.75) is 6.30 Å². The van der Waals surface area contributed by atoms with Crippen LogP contribution in [0.2, 0.25) is 0 Å². The average Bonchev–Trinajstić information content (AvgIpc) is 2.32. The second kappa shape index (κ2) is 2.31. The molecule has 0 fully saturated rings. The second-order valence-corrected chi connectivity index (χ2v) is 1.79. The van der Waals surface area contributed by atoms with Crippen LogP contribution in [0.15, 0.2) is 12.4 Å². The van der Waals surface area contributed by atoms with Gasteiger partial charge in [-0.25, -0.2) is 0 Å². The fourth-order valence-electron chi connectivity index (χ4n) is 0.536. The second-order valence-electron chi connectivity index (χ2n) is 1.79. The highest BCUT2D eigenvalue weighted by molar-refractivity contribution is 5.26. The van der Waals surface area contributed by atoms with Crippen molar-refractivity contribution in [3.8, 4) is 12.3 Å². The van der Waals surface area contributed by atoms with Gasteiger partial charge in [0.1, 0.15) is 0 Å². The first-order chi connectivity index (χ1) is 5.04. The van der Waals surface area contributed by atoms with Crippen molar-refractivity contribution in [3.05, 3.63) is 18.0 Å².